The van der Waals surface area contributed by atoms with Crippen molar-refractivity contribution in [2.24, 2.45) is 0 Å². The number of hydrogen-bond donors (Lipinski definition) is 2. The van der Waals surface area contributed by atoms with Gasteiger partial charge in [0.2, 0.25) is 0 Å². The van der Waals surface area contributed by atoms with E-state index in [9.17, 15) is 9.90 Å². The molecule has 1 amide bonds. The average Bonchev–Trinajstić information content (AvgIpc) is 3.23. The lowest BCUT2D eigenvalue weighted by Gasteiger charge is -2.23. The van der Waals surface area contributed by atoms with Crippen LogP contribution in [0.5, 0.6) is 5.75 Å². The predicted octanol–water partition coefficient (Wildman–Crippen LogP) is 4.32. The Hall–Kier alpha value is -2.37. The second-order valence-corrected chi connectivity index (χ2v) is 7.83. The van der Waals surface area contributed by atoms with Crippen molar-refractivity contribution in [1.29, 1.82) is 0 Å². The van der Waals surface area contributed by atoms with Gasteiger partial charge in [0, 0.05) is 6.54 Å². The summed E-state index contributed by atoms with van der Waals surface area (Å²) in [7, 11) is 0. The SMILES string of the molecule is CC(C)Oc1cccc(C(O)CNC(=O)C(OC2CCCC2)c2ccccc2)c1. The van der Waals surface area contributed by atoms with Crippen LogP contribution < -0.4 is 10.1 Å². The van der Waals surface area contributed by atoms with Crippen molar-refractivity contribution in [1.82, 2.24) is 5.32 Å². The van der Waals surface area contributed by atoms with Crippen LogP contribution in [0.1, 0.15) is 62.9 Å². The number of hydrogen-bond acceptors (Lipinski definition) is 4. The van der Waals surface area contributed by atoms with E-state index in [1.807, 2.05) is 62.4 Å². The van der Waals surface area contributed by atoms with E-state index in [-0.39, 0.29) is 24.7 Å². The summed E-state index contributed by atoms with van der Waals surface area (Å²) in [5.41, 5.74) is 1.54. The average molecular weight is 398 g/mol. The van der Waals surface area contributed by atoms with Crippen molar-refractivity contribution in [3.63, 3.8) is 0 Å². The van der Waals surface area contributed by atoms with Crippen LogP contribution in [0.3, 0.4) is 0 Å². The molecule has 0 aromatic heterocycles. The minimum atomic E-state index is -0.822. The highest BCUT2D eigenvalue weighted by molar-refractivity contribution is 5.82. The summed E-state index contributed by atoms with van der Waals surface area (Å²) in [6.07, 6.45) is 2.94. The maximum Gasteiger partial charge on any atom is 0.253 e. The Bertz CT molecular complexity index is 771. The molecular formula is C24H31NO4. The molecule has 1 fully saturated rings. The monoisotopic (exact) mass is 397 g/mol. The molecule has 2 atom stereocenters. The standard InChI is InChI=1S/C24H31NO4/c1-17(2)28-21-14-8-11-19(15-21)22(26)16-25-24(27)23(18-9-4-3-5-10-18)29-20-12-6-7-13-20/h3-5,8-11,14-15,17,20,22-23,26H,6-7,12-13,16H2,1-2H3,(H,25,27). The third-order valence-corrected chi connectivity index (χ3v) is 5.06. The molecule has 1 saturated carbocycles. The smallest absolute Gasteiger partial charge is 0.253 e. The lowest BCUT2D eigenvalue weighted by atomic mass is 10.1. The highest BCUT2D eigenvalue weighted by Crippen LogP contribution is 2.28. The summed E-state index contributed by atoms with van der Waals surface area (Å²) in [5.74, 6) is 0.478. The first-order chi connectivity index (χ1) is 14.0. The Balaban J connectivity index is 1.63. The van der Waals surface area contributed by atoms with Gasteiger partial charge in [-0.3, -0.25) is 4.79 Å². The molecular weight excluding hydrogens is 366 g/mol. The number of nitrogens with one attached hydrogen (secondary N) is 1. The second-order valence-electron chi connectivity index (χ2n) is 7.83. The molecule has 5 nitrogen and oxygen atoms in total. The van der Waals surface area contributed by atoms with Gasteiger partial charge in [-0.1, -0.05) is 55.3 Å². The van der Waals surface area contributed by atoms with Gasteiger partial charge in [-0.15, -0.1) is 0 Å². The summed E-state index contributed by atoms with van der Waals surface area (Å²) in [6, 6.07) is 16.9. The van der Waals surface area contributed by atoms with Gasteiger partial charge in [-0.25, -0.2) is 0 Å². The van der Waals surface area contributed by atoms with Crippen molar-refractivity contribution >= 4 is 5.91 Å². The van der Waals surface area contributed by atoms with E-state index in [4.69, 9.17) is 9.47 Å². The Morgan fingerprint density at radius 1 is 1.07 bits per heavy atom. The molecule has 1 aliphatic rings. The molecule has 2 aromatic carbocycles. The van der Waals surface area contributed by atoms with Crippen molar-refractivity contribution in [2.45, 2.75) is 63.9 Å². The summed E-state index contributed by atoms with van der Waals surface area (Å²) in [6.45, 7) is 4.02. The minimum absolute atomic E-state index is 0.0569. The van der Waals surface area contributed by atoms with Crippen LogP contribution in [0.2, 0.25) is 0 Å². The predicted molar refractivity (Wildman–Crippen MR) is 113 cm³/mol. The van der Waals surface area contributed by atoms with Gasteiger partial charge in [0.25, 0.3) is 5.91 Å². The Kier molecular flexibility index (Phi) is 7.67. The van der Waals surface area contributed by atoms with Crippen molar-refractivity contribution < 1.29 is 19.4 Å². The first kappa shape index (κ1) is 21.3. The van der Waals surface area contributed by atoms with Crippen LogP contribution in [-0.4, -0.2) is 29.8 Å². The zero-order valence-corrected chi connectivity index (χ0v) is 17.2. The maximum absolute atomic E-state index is 12.9. The molecule has 0 saturated heterocycles. The van der Waals surface area contributed by atoms with E-state index in [1.54, 1.807) is 6.07 Å². The number of ether oxygens (including phenoxy) is 2. The van der Waals surface area contributed by atoms with Gasteiger partial charge in [0.1, 0.15) is 5.75 Å². The lowest BCUT2D eigenvalue weighted by Crippen LogP contribution is -2.35. The molecule has 0 bridgehead atoms. The fourth-order valence-electron chi connectivity index (χ4n) is 3.61. The van der Waals surface area contributed by atoms with E-state index < -0.39 is 12.2 Å². The van der Waals surface area contributed by atoms with Gasteiger partial charge < -0.3 is 19.9 Å². The quantitative estimate of drug-likeness (QED) is 0.661. The molecule has 3 rings (SSSR count). The molecule has 2 aromatic rings. The van der Waals surface area contributed by atoms with E-state index in [2.05, 4.69) is 5.32 Å². The first-order valence-corrected chi connectivity index (χ1v) is 10.5. The van der Waals surface area contributed by atoms with Gasteiger partial charge in [-0.2, -0.15) is 0 Å². The van der Waals surface area contributed by atoms with Gasteiger partial charge in [-0.05, 0) is 49.9 Å². The number of aliphatic hydroxyl groups excluding tert-OH is 1. The van der Waals surface area contributed by atoms with Crippen LogP contribution in [0.25, 0.3) is 0 Å². The van der Waals surface area contributed by atoms with Crippen LogP contribution in [-0.2, 0) is 9.53 Å². The van der Waals surface area contributed by atoms with Crippen LogP contribution in [0.4, 0.5) is 0 Å². The molecule has 0 spiro atoms. The minimum Gasteiger partial charge on any atom is -0.491 e. The summed E-state index contributed by atoms with van der Waals surface area (Å²) in [5, 5.41) is 13.4. The highest BCUT2D eigenvalue weighted by Gasteiger charge is 2.27. The molecule has 5 heteroatoms. The topological polar surface area (TPSA) is 67.8 Å². The fraction of sp³-hybridized carbons (Fsp3) is 0.458. The molecule has 29 heavy (non-hydrogen) atoms. The number of benzene rings is 2. The summed E-state index contributed by atoms with van der Waals surface area (Å²) >= 11 is 0. The van der Waals surface area contributed by atoms with Crippen LogP contribution >= 0.6 is 0 Å². The Labute approximate surface area is 173 Å². The molecule has 0 radical (unpaired) electrons. The Morgan fingerprint density at radius 2 is 1.76 bits per heavy atom. The number of carbonyl (C=O) groups is 1. The molecule has 156 valence electrons. The molecule has 1 aliphatic carbocycles. The summed E-state index contributed by atoms with van der Waals surface area (Å²) in [4.78, 5) is 12.9. The number of carbonyl (C=O) groups excluding carboxylic acids is 1. The number of rotatable bonds is 9. The fourth-order valence-corrected chi connectivity index (χ4v) is 3.61. The van der Waals surface area contributed by atoms with E-state index in [0.29, 0.717) is 11.3 Å². The van der Waals surface area contributed by atoms with Crippen molar-refractivity contribution in [3.05, 3.63) is 65.7 Å². The van der Waals surface area contributed by atoms with Crippen LogP contribution in [0, 0.1) is 0 Å². The second kappa shape index (κ2) is 10.4. The lowest BCUT2D eigenvalue weighted by molar-refractivity contribution is -0.137. The number of aliphatic hydroxyl groups is 1. The normalized spacial score (nSPS) is 16.6. The van der Waals surface area contributed by atoms with Crippen LogP contribution in [0.15, 0.2) is 54.6 Å². The maximum atomic E-state index is 12.9. The van der Waals surface area contributed by atoms with Gasteiger partial charge in [0.05, 0.1) is 18.3 Å². The largest absolute Gasteiger partial charge is 0.491 e. The molecule has 2 unspecified atom stereocenters. The third-order valence-electron chi connectivity index (χ3n) is 5.06. The zero-order valence-electron chi connectivity index (χ0n) is 17.2. The van der Waals surface area contributed by atoms with Gasteiger partial charge in [0.15, 0.2) is 6.10 Å². The van der Waals surface area contributed by atoms with Crippen molar-refractivity contribution in [2.75, 3.05) is 6.54 Å². The zero-order chi connectivity index (χ0) is 20.6. The molecule has 2 N–H and O–H groups in total. The summed E-state index contributed by atoms with van der Waals surface area (Å²) < 4.78 is 11.8. The molecule has 0 aliphatic heterocycles. The van der Waals surface area contributed by atoms with E-state index in [0.717, 1.165) is 31.2 Å². The number of amides is 1. The van der Waals surface area contributed by atoms with E-state index in [1.165, 1.54) is 0 Å². The highest BCUT2D eigenvalue weighted by atomic mass is 16.5. The molecule has 0 heterocycles. The van der Waals surface area contributed by atoms with E-state index >= 15 is 0 Å². The Morgan fingerprint density at radius 3 is 2.45 bits per heavy atom. The van der Waals surface area contributed by atoms with Gasteiger partial charge >= 0.3 is 0 Å². The third kappa shape index (κ3) is 6.31. The first-order valence-electron chi connectivity index (χ1n) is 10.5. The van der Waals surface area contributed by atoms with Crippen molar-refractivity contribution in [3.8, 4) is 5.75 Å².